The van der Waals surface area contributed by atoms with Crippen molar-refractivity contribution in [2.75, 3.05) is 18.9 Å². The highest BCUT2D eigenvalue weighted by molar-refractivity contribution is 8.00. The summed E-state index contributed by atoms with van der Waals surface area (Å²) in [7, 11) is 0. The molecule has 0 aromatic heterocycles. The minimum absolute atomic E-state index is 0.0652. The van der Waals surface area contributed by atoms with Gasteiger partial charge in [-0.25, -0.2) is 0 Å². The van der Waals surface area contributed by atoms with Gasteiger partial charge in [-0.2, -0.15) is 0 Å². The highest BCUT2D eigenvalue weighted by atomic mass is 35.5. The molecule has 1 amide bonds. The van der Waals surface area contributed by atoms with Gasteiger partial charge in [0.2, 0.25) is 5.91 Å². The van der Waals surface area contributed by atoms with Gasteiger partial charge >= 0.3 is 0 Å². The van der Waals surface area contributed by atoms with E-state index < -0.39 is 0 Å². The molecule has 3 nitrogen and oxygen atoms in total. The van der Waals surface area contributed by atoms with E-state index in [0.717, 1.165) is 5.56 Å². The Morgan fingerprint density at radius 3 is 2.52 bits per heavy atom. The van der Waals surface area contributed by atoms with Gasteiger partial charge in [0.15, 0.2) is 0 Å². The molecule has 1 heterocycles. The molecule has 2 aromatic carbocycles. The average molecular weight is 404 g/mol. The first-order valence-electron chi connectivity index (χ1n) is 9.19. The largest absolute Gasteiger partial charge is 0.375 e. The molecule has 1 aliphatic heterocycles. The summed E-state index contributed by atoms with van der Waals surface area (Å²) >= 11 is 7.84. The van der Waals surface area contributed by atoms with E-state index in [-0.39, 0.29) is 16.7 Å². The minimum Gasteiger partial charge on any atom is -0.375 e. The van der Waals surface area contributed by atoms with Crippen molar-refractivity contribution in [3.63, 3.8) is 0 Å². The van der Waals surface area contributed by atoms with Crippen LogP contribution < -0.4 is 0 Å². The van der Waals surface area contributed by atoms with Crippen molar-refractivity contribution in [2.45, 2.75) is 38.2 Å². The molecule has 0 spiro atoms. The number of hydrogen-bond donors (Lipinski definition) is 0. The molecule has 1 aliphatic rings. The summed E-state index contributed by atoms with van der Waals surface area (Å²) in [6, 6.07) is 16.3. The molecule has 1 saturated heterocycles. The second-order valence-corrected chi connectivity index (χ2v) is 9.24. The average Bonchev–Trinajstić information content (AvgIpc) is 3.00. The number of nitrogens with zero attached hydrogens (tertiary/aromatic N) is 1. The van der Waals surface area contributed by atoms with Crippen LogP contribution in [0, 0.1) is 0 Å². The molecule has 144 valence electrons. The zero-order valence-corrected chi connectivity index (χ0v) is 17.6. The second kappa shape index (κ2) is 8.68. The van der Waals surface area contributed by atoms with Gasteiger partial charge in [0, 0.05) is 11.6 Å². The van der Waals surface area contributed by atoms with Gasteiger partial charge in [0.1, 0.15) is 5.37 Å². The first kappa shape index (κ1) is 20.2. The van der Waals surface area contributed by atoms with E-state index in [1.807, 2.05) is 29.2 Å². The Bertz CT molecular complexity index is 786. The van der Waals surface area contributed by atoms with Gasteiger partial charge in [-0.1, -0.05) is 74.8 Å². The highest BCUT2D eigenvalue weighted by Gasteiger charge is 2.32. The van der Waals surface area contributed by atoms with Gasteiger partial charge in [-0.3, -0.25) is 4.79 Å². The van der Waals surface area contributed by atoms with Gasteiger partial charge in [0.25, 0.3) is 0 Å². The standard InChI is InChI=1S/C22H26ClNO2S/c1-22(2,3)18-10-8-16(9-11-18)21-24(20(25)15-27-21)12-13-26-14-17-6-4-5-7-19(17)23/h4-11,21H,12-15H2,1-3H3. The van der Waals surface area contributed by atoms with Gasteiger partial charge < -0.3 is 9.64 Å². The van der Waals surface area contributed by atoms with E-state index in [1.54, 1.807) is 11.8 Å². The fraction of sp³-hybridized carbons (Fsp3) is 0.409. The van der Waals surface area contributed by atoms with Crippen LogP contribution in [0.5, 0.6) is 0 Å². The third kappa shape index (κ3) is 5.07. The lowest BCUT2D eigenvalue weighted by Gasteiger charge is -2.25. The fourth-order valence-electron chi connectivity index (χ4n) is 3.08. The third-order valence-electron chi connectivity index (χ3n) is 4.72. The Kier molecular flexibility index (Phi) is 6.51. The third-order valence-corrected chi connectivity index (χ3v) is 6.35. The number of carbonyl (C=O) groups is 1. The molecule has 5 heteroatoms. The van der Waals surface area contributed by atoms with Crippen LogP contribution in [-0.4, -0.2) is 29.7 Å². The molecule has 0 radical (unpaired) electrons. The van der Waals surface area contributed by atoms with E-state index in [1.165, 1.54) is 11.1 Å². The normalized spacial score (nSPS) is 17.6. The first-order valence-corrected chi connectivity index (χ1v) is 10.6. The Balaban J connectivity index is 1.59. The lowest BCUT2D eigenvalue weighted by Crippen LogP contribution is -2.31. The molecule has 1 unspecified atom stereocenters. The Morgan fingerprint density at radius 1 is 1.15 bits per heavy atom. The molecular formula is C22H26ClNO2S. The summed E-state index contributed by atoms with van der Waals surface area (Å²) < 4.78 is 5.77. The van der Waals surface area contributed by atoms with Crippen LogP contribution in [0.4, 0.5) is 0 Å². The Hall–Kier alpha value is -1.49. The first-order chi connectivity index (χ1) is 12.9. The van der Waals surface area contributed by atoms with Crippen molar-refractivity contribution in [1.82, 2.24) is 4.90 Å². The molecule has 2 aromatic rings. The maximum atomic E-state index is 12.3. The zero-order chi connectivity index (χ0) is 19.4. The zero-order valence-electron chi connectivity index (χ0n) is 16.1. The summed E-state index contributed by atoms with van der Waals surface area (Å²) in [6.45, 7) is 8.16. The summed E-state index contributed by atoms with van der Waals surface area (Å²) in [5, 5.41) is 0.776. The number of halogens is 1. The molecule has 0 bridgehead atoms. The Morgan fingerprint density at radius 2 is 1.85 bits per heavy atom. The molecule has 0 aliphatic carbocycles. The SMILES string of the molecule is CC(C)(C)c1ccc(C2SCC(=O)N2CCOCc2ccccc2Cl)cc1. The van der Waals surface area contributed by atoms with Crippen molar-refractivity contribution < 1.29 is 9.53 Å². The number of amides is 1. The lowest BCUT2D eigenvalue weighted by molar-refractivity contribution is -0.128. The van der Waals surface area contributed by atoms with Crippen LogP contribution >= 0.6 is 23.4 Å². The predicted octanol–water partition coefficient (Wildman–Crippen LogP) is 5.43. The van der Waals surface area contributed by atoms with Crippen molar-refractivity contribution in [3.05, 3.63) is 70.2 Å². The molecule has 3 rings (SSSR count). The summed E-state index contributed by atoms with van der Waals surface area (Å²) in [4.78, 5) is 14.3. The number of benzene rings is 2. The molecule has 0 N–H and O–H groups in total. The number of ether oxygens (including phenoxy) is 1. The quantitative estimate of drug-likeness (QED) is 0.602. The van der Waals surface area contributed by atoms with Crippen LogP contribution in [-0.2, 0) is 21.6 Å². The van der Waals surface area contributed by atoms with E-state index >= 15 is 0 Å². The monoisotopic (exact) mass is 403 g/mol. The van der Waals surface area contributed by atoms with Crippen LogP contribution in [0.1, 0.15) is 42.8 Å². The van der Waals surface area contributed by atoms with Crippen LogP contribution in [0.3, 0.4) is 0 Å². The van der Waals surface area contributed by atoms with E-state index in [2.05, 4.69) is 45.0 Å². The van der Waals surface area contributed by atoms with Gasteiger partial charge in [0.05, 0.1) is 19.0 Å². The van der Waals surface area contributed by atoms with Crippen molar-refractivity contribution in [3.8, 4) is 0 Å². The van der Waals surface area contributed by atoms with E-state index in [9.17, 15) is 4.79 Å². The van der Waals surface area contributed by atoms with Crippen molar-refractivity contribution >= 4 is 29.3 Å². The Labute approximate surface area is 171 Å². The van der Waals surface area contributed by atoms with Crippen molar-refractivity contribution in [1.29, 1.82) is 0 Å². The number of carbonyl (C=O) groups excluding carboxylic acids is 1. The maximum absolute atomic E-state index is 12.3. The number of hydrogen-bond acceptors (Lipinski definition) is 3. The topological polar surface area (TPSA) is 29.5 Å². The van der Waals surface area contributed by atoms with Crippen LogP contribution in [0.2, 0.25) is 5.02 Å². The highest BCUT2D eigenvalue weighted by Crippen LogP contribution is 2.39. The van der Waals surface area contributed by atoms with E-state index in [4.69, 9.17) is 16.3 Å². The van der Waals surface area contributed by atoms with Crippen LogP contribution in [0.15, 0.2) is 48.5 Å². The second-order valence-electron chi connectivity index (χ2n) is 7.77. The summed E-state index contributed by atoms with van der Waals surface area (Å²) in [5.74, 6) is 0.696. The minimum atomic E-state index is 0.0652. The summed E-state index contributed by atoms with van der Waals surface area (Å²) in [5.41, 5.74) is 3.57. The summed E-state index contributed by atoms with van der Waals surface area (Å²) in [6.07, 6.45) is 0. The molecule has 1 atom stereocenters. The molecule has 27 heavy (non-hydrogen) atoms. The predicted molar refractivity (Wildman–Crippen MR) is 113 cm³/mol. The van der Waals surface area contributed by atoms with Gasteiger partial charge in [-0.15, -0.1) is 11.8 Å². The van der Waals surface area contributed by atoms with Crippen LogP contribution in [0.25, 0.3) is 0 Å². The van der Waals surface area contributed by atoms with E-state index in [0.29, 0.717) is 30.5 Å². The molecule has 1 fully saturated rings. The smallest absolute Gasteiger partial charge is 0.233 e. The lowest BCUT2D eigenvalue weighted by atomic mass is 9.87. The van der Waals surface area contributed by atoms with Gasteiger partial charge in [-0.05, 0) is 28.2 Å². The fourth-order valence-corrected chi connectivity index (χ4v) is 4.49. The maximum Gasteiger partial charge on any atom is 0.233 e. The number of rotatable bonds is 6. The molecular weight excluding hydrogens is 378 g/mol. The van der Waals surface area contributed by atoms with Crippen molar-refractivity contribution in [2.24, 2.45) is 0 Å². The molecule has 0 saturated carbocycles. The number of thioether (sulfide) groups is 1.